The van der Waals surface area contributed by atoms with Crippen LogP contribution >= 0.6 is 0 Å². The van der Waals surface area contributed by atoms with Crippen molar-refractivity contribution < 1.29 is 4.74 Å². The van der Waals surface area contributed by atoms with Crippen LogP contribution in [0, 0.1) is 11.3 Å². The molecular weight excluding hydrogens is 643 g/mol. The Morgan fingerprint density at radius 2 is 0.906 bits per heavy atom. The van der Waals surface area contributed by atoms with Gasteiger partial charge in [-0.2, -0.15) is 5.26 Å². The molecule has 1 aliphatic rings. The molecule has 0 atom stereocenters. The van der Waals surface area contributed by atoms with Gasteiger partial charge in [-0.25, -0.2) is 0 Å². The van der Waals surface area contributed by atoms with Gasteiger partial charge in [0.15, 0.2) is 0 Å². The van der Waals surface area contributed by atoms with Gasteiger partial charge >= 0.3 is 0 Å². The van der Waals surface area contributed by atoms with Crippen molar-refractivity contribution in [1.82, 2.24) is 0 Å². The van der Waals surface area contributed by atoms with E-state index in [1.807, 2.05) is 24.3 Å². The van der Waals surface area contributed by atoms with Gasteiger partial charge in [-0.15, -0.1) is 0 Å². The van der Waals surface area contributed by atoms with Crippen molar-refractivity contribution in [3.05, 3.63) is 181 Å². The lowest BCUT2D eigenvalue weighted by molar-refractivity contribution is 0.487. The molecule has 11 rings (SSSR count). The highest BCUT2D eigenvalue weighted by Gasteiger charge is 2.22. The van der Waals surface area contributed by atoms with Gasteiger partial charge in [0.25, 0.3) is 0 Å². The van der Waals surface area contributed by atoms with E-state index in [4.69, 9.17) is 4.74 Å². The van der Waals surface area contributed by atoms with Gasteiger partial charge in [0.1, 0.15) is 11.5 Å². The fraction of sp³-hybridized carbons (Fsp3) is 0. The normalized spacial score (nSPS) is 11.9. The molecule has 10 aromatic carbocycles. The quantitative estimate of drug-likeness (QED) is 0.175. The van der Waals surface area contributed by atoms with Crippen LogP contribution in [0.1, 0.15) is 5.56 Å². The van der Waals surface area contributed by atoms with Crippen LogP contribution in [0.25, 0.3) is 98.4 Å². The lowest BCUT2D eigenvalue weighted by atomic mass is 9.86. The van der Waals surface area contributed by atoms with Crippen LogP contribution in [0.3, 0.4) is 0 Å². The Hall–Kier alpha value is -7.21. The monoisotopic (exact) mass is 671 g/mol. The lowest BCUT2D eigenvalue weighted by Crippen LogP contribution is -1.98. The molecule has 0 saturated heterocycles. The molecule has 0 radical (unpaired) electrons. The summed E-state index contributed by atoms with van der Waals surface area (Å²) in [6.45, 7) is 0. The predicted octanol–water partition coefficient (Wildman–Crippen LogP) is 14.1. The highest BCUT2D eigenvalue weighted by atomic mass is 16.5. The van der Waals surface area contributed by atoms with Crippen LogP contribution in [0.5, 0.6) is 11.5 Å². The Labute approximate surface area is 306 Å². The molecule has 2 heteroatoms. The van der Waals surface area contributed by atoms with Gasteiger partial charge in [0, 0.05) is 16.3 Å². The average molecular weight is 672 g/mol. The predicted molar refractivity (Wildman–Crippen MR) is 221 cm³/mol. The minimum Gasteiger partial charge on any atom is -0.456 e. The zero-order valence-corrected chi connectivity index (χ0v) is 28.6. The van der Waals surface area contributed by atoms with Crippen molar-refractivity contribution in [2.75, 3.05) is 0 Å². The smallest absolute Gasteiger partial charge is 0.136 e. The SMILES string of the molecule is N#Cc1ccc2c3c(cccc13)-c1cc(-c3ccc(-c4cc5c6ccccc6c(-c6cccc7ccccc67)cc5c5ccccc45)cc3)ccc1O2. The molecule has 53 heavy (non-hydrogen) atoms. The van der Waals surface area contributed by atoms with Gasteiger partial charge in [0.05, 0.1) is 11.6 Å². The van der Waals surface area contributed by atoms with E-state index in [1.165, 1.54) is 65.3 Å². The van der Waals surface area contributed by atoms with Crippen molar-refractivity contribution in [3.8, 4) is 62.1 Å². The van der Waals surface area contributed by atoms with Crippen molar-refractivity contribution >= 4 is 53.9 Å². The van der Waals surface area contributed by atoms with E-state index in [0.717, 1.165) is 44.5 Å². The maximum Gasteiger partial charge on any atom is 0.136 e. The van der Waals surface area contributed by atoms with E-state index < -0.39 is 0 Å². The minimum atomic E-state index is 0.656. The molecule has 0 aliphatic carbocycles. The van der Waals surface area contributed by atoms with Crippen LogP contribution in [0.4, 0.5) is 0 Å². The van der Waals surface area contributed by atoms with Crippen molar-refractivity contribution in [2.24, 2.45) is 0 Å². The van der Waals surface area contributed by atoms with Crippen LogP contribution in [0.15, 0.2) is 176 Å². The third-order valence-electron chi connectivity index (χ3n) is 11.1. The molecule has 10 aromatic rings. The van der Waals surface area contributed by atoms with E-state index in [-0.39, 0.29) is 0 Å². The van der Waals surface area contributed by atoms with E-state index in [9.17, 15) is 5.26 Å². The Kier molecular flexibility index (Phi) is 6.35. The molecule has 0 fully saturated rings. The summed E-state index contributed by atoms with van der Waals surface area (Å²) in [4.78, 5) is 0. The maximum absolute atomic E-state index is 9.75. The molecule has 0 bridgehead atoms. The summed E-state index contributed by atoms with van der Waals surface area (Å²) >= 11 is 0. The summed E-state index contributed by atoms with van der Waals surface area (Å²) in [5, 5.41) is 21.7. The second-order valence-corrected chi connectivity index (χ2v) is 13.9. The third-order valence-corrected chi connectivity index (χ3v) is 11.1. The van der Waals surface area contributed by atoms with Crippen molar-refractivity contribution in [1.29, 1.82) is 5.26 Å². The molecule has 244 valence electrons. The van der Waals surface area contributed by atoms with E-state index in [1.54, 1.807) is 0 Å². The first-order valence-corrected chi connectivity index (χ1v) is 18.0. The maximum atomic E-state index is 9.75. The molecule has 2 nitrogen and oxygen atoms in total. The number of rotatable bonds is 3. The van der Waals surface area contributed by atoms with Gasteiger partial charge < -0.3 is 4.74 Å². The average Bonchev–Trinajstić information content (AvgIpc) is 3.23. The highest BCUT2D eigenvalue weighted by Crippen LogP contribution is 2.49. The number of hydrogen-bond acceptors (Lipinski definition) is 2. The first-order chi connectivity index (χ1) is 26.2. The molecule has 0 amide bonds. The second-order valence-electron chi connectivity index (χ2n) is 13.9. The number of nitriles is 1. The highest BCUT2D eigenvalue weighted by molar-refractivity contribution is 6.24. The van der Waals surface area contributed by atoms with E-state index in [0.29, 0.717) is 5.56 Å². The van der Waals surface area contributed by atoms with Gasteiger partial charge in [0.2, 0.25) is 0 Å². The fourth-order valence-corrected chi connectivity index (χ4v) is 8.62. The zero-order chi connectivity index (χ0) is 35.0. The Morgan fingerprint density at radius 3 is 1.68 bits per heavy atom. The topological polar surface area (TPSA) is 33.0 Å². The Balaban J connectivity index is 1.05. The van der Waals surface area contributed by atoms with Crippen LogP contribution < -0.4 is 4.74 Å². The number of fused-ring (bicyclic) bond motifs is 8. The number of ether oxygens (including phenoxy) is 1. The van der Waals surface area contributed by atoms with Crippen molar-refractivity contribution in [2.45, 2.75) is 0 Å². The molecule has 0 N–H and O–H groups in total. The van der Waals surface area contributed by atoms with Crippen molar-refractivity contribution in [3.63, 3.8) is 0 Å². The molecule has 0 aromatic heterocycles. The summed E-state index contributed by atoms with van der Waals surface area (Å²) in [5.74, 6) is 1.62. The minimum absolute atomic E-state index is 0.656. The number of nitrogens with zero attached hydrogens (tertiary/aromatic N) is 1. The number of benzene rings is 10. The summed E-state index contributed by atoms with van der Waals surface area (Å²) in [7, 11) is 0. The van der Waals surface area contributed by atoms with Gasteiger partial charge in [-0.3, -0.25) is 0 Å². The standard InChI is InChI=1S/C51H29NO/c52-30-35-24-26-50-51-37(35)16-8-18-43(51)48-27-34(23-25-49(48)53-50)31-19-21-33(22-20-31)44-28-46-42-15-6-5-14-41(42)45(29-47(46)40-13-4-3-12-39(40)44)38-17-7-10-32-9-1-2-11-36(32)38/h1-29H. The molecule has 0 spiro atoms. The third kappa shape index (κ3) is 4.45. The summed E-state index contributed by atoms with van der Waals surface area (Å²) < 4.78 is 6.37. The first-order valence-electron chi connectivity index (χ1n) is 18.0. The summed E-state index contributed by atoms with van der Waals surface area (Å²) in [6.07, 6.45) is 0. The van der Waals surface area contributed by atoms with E-state index >= 15 is 0 Å². The molecule has 0 saturated carbocycles. The van der Waals surface area contributed by atoms with Crippen LogP contribution in [-0.4, -0.2) is 0 Å². The number of hydrogen-bond donors (Lipinski definition) is 0. The Bertz CT molecular complexity index is 3200. The molecule has 0 unspecified atom stereocenters. The Morgan fingerprint density at radius 1 is 0.340 bits per heavy atom. The molecule has 1 aliphatic heterocycles. The van der Waals surface area contributed by atoms with Gasteiger partial charge in [-0.05, 0) is 118 Å². The molecule has 1 heterocycles. The summed E-state index contributed by atoms with van der Waals surface area (Å²) in [6, 6.07) is 65.4. The zero-order valence-electron chi connectivity index (χ0n) is 28.6. The van der Waals surface area contributed by atoms with Gasteiger partial charge in [-0.1, -0.05) is 140 Å². The lowest BCUT2D eigenvalue weighted by Gasteiger charge is -2.22. The van der Waals surface area contributed by atoms with E-state index in [2.05, 4.69) is 158 Å². The largest absolute Gasteiger partial charge is 0.456 e. The first kappa shape index (κ1) is 29.5. The fourth-order valence-electron chi connectivity index (χ4n) is 8.62. The molecular formula is C51H29NO. The van der Waals surface area contributed by atoms with Crippen LogP contribution in [-0.2, 0) is 0 Å². The van der Waals surface area contributed by atoms with Crippen LogP contribution in [0.2, 0.25) is 0 Å². The summed E-state index contributed by atoms with van der Waals surface area (Å²) in [5.41, 5.74) is 9.95. The second kappa shape index (κ2) is 11.4.